The molecular weight excluding hydrogens is 205 g/mol. The van der Waals surface area contributed by atoms with E-state index in [9.17, 15) is 13.2 Å². The van der Waals surface area contributed by atoms with Crippen molar-refractivity contribution in [2.75, 3.05) is 0 Å². The van der Waals surface area contributed by atoms with Gasteiger partial charge in [0.2, 0.25) is 0 Å². The van der Waals surface area contributed by atoms with Gasteiger partial charge in [-0.25, -0.2) is 0 Å². The molecule has 2 nitrogen and oxygen atoms in total. The summed E-state index contributed by atoms with van der Waals surface area (Å²) in [6, 6.07) is 0. The SMILES string of the molecule is C=C(C)NC1=CC=C(N)CC1C(F)(F)F. The minimum atomic E-state index is -4.28. The first kappa shape index (κ1) is 11.7. The lowest BCUT2D eigenvalue weighted by Gasteiger charge is -2.26. The van der Waals surface area contributed by atoms with Crippen molar-refractivity contribution in [3.8, 4) is 0 Å². The second kappa shape index (κ2) is 4.00. The number of hydrogen-bond acceptors (Lipinski definition) is 2. The Balaban J connectivity index is 2.92. The van der Waals surface area contributed by atoms with Gasteiger partial charge in [0.1, 0.15) is 5.92 Å². The fourth-order valence-electron chi connectivity index (χ4n) is 1.39. The van der Waals surface area contributed by atoms with Gasteiger partial charge in [-0.3, -0.25) is 0 Å². The molecule has 0 heterocycles. The molecule has 1 atom stereocenters. The molecule has 1 unspecified atom stereocenters. The quantitative estimate of drug-likeness (QED) is 0.747. The highest BCUT2D eigenvalue weighted by atomic mass is 19.4. The molecule has 0 bridgehead atoms. The van der Waals surface area contributed by atoms with E-state index in [1.807, 2.05) is 0 Å². The number of hydrogen-bond donors (Lipinski definition) is 2. The van der Waals surface area contributed by atoms with E-state index in [1.165, 1.54) is 12.2 Å². The Bertz CT molecular complexity index is 326. The Kier molecular flexibility index (Phi) is 3.12. The molecule has 0 aromatic heterocycles. The lowest BCUT2D eigenvalue weighted by atomic mass is 9.94. The number of nitrogens with one attached hydrogen (secondary N) is 1. The van der Waals surface area contributed by atoms with Gasteiger partial charge in [0.15, 0.2) is 0 Å². The van der Waals surface area contributed by atoms with Crippen LogP contribution in [0.2, 0.25) is 0 Å². The van der Waals surface area contributed by atoms with Crippen LogP contribution in [-0.4, -0.2) is 6.18 Å². The number of alkyl halides is 3. The molecule has 0 aliphatic heterocycles. The molecule has 1 rings (SSSR count). The first-order valence-corrected chi connectivity index (χ1v) is 4.46. The standard InChI is InChI=1S/C10H13F3N2/c1-6(2)15-9-4-3-7(14)5-8(9)10(11,12)13/h3-4,8,15H,1,5,14H2,2H3. The number of nitrogens with two attached hydrogens (primary N) is 1. The second-order valence-corrected chi connectivity index (χ2v) is 3.57. The molecule has 84 valence electrons. The second-order valence-electron chi connectivity index (χ2n) is 3.57. The van der Waals surface area contributed by atoms with E-state index in [4.69, 9.17) is 5.73 Å². The molecule has 0 saturated carbocycles. The molecule has 0 saturated heterocycles. The van der Waals surface area contributed by atoms with Crippen molar-refractivity contribution < 1.29 is 13.2 Å². The first-order chi connectivity index (χ1) is 6.80. The smallest absolute Gasteiger partial charge is 0.397 e. The molecular formula is C10H13F3N2. The highest BCUT2D eigenvalue weighted by molar-refractivity contribution is 5.27. The molecule has 1 aliphatic rings. The summed E-state index contributed by atoms with van der Waals surface area (Å²) < 4.78 is 37.9. The average Bonchev–Trinajstić information content (AvgIpc) is 2.05. The number of halogens is 3. The minimum Gasteiger partial charge on any atom is -0.402 e. The zero-order valence-corrected chi connectivity index (χ0v) is 8.36. The van der Waals surface area contributed by atoms with Crippen LogP contribution in [0, 0.1) is 5.92 Å². The van der Waals surface area contributed by atoms with Crippen LogP contribution in [-0.2, 0) is 0 Å². The fourth-order valence-corrected chi connectivity index (χ4v) is 1.39. The highest BCUT2D eigenvalue weighted by Gasteiger charge is 2.43. The summed E-state index contributed by atoms with van der Waals surface area (Å²) in [5.74, 6) is -1.56. The monoisotopic (exact) mass is 218 g/mol. The minimum absolute atomic E-state index is 0.101. The molecule has 0 aromatic carbocycles. The topological polar surface area (TPSA) is 38.0 Å². The van der Waals surface area contributed by atoms with Gasteiger partial charge in [0.25, 0.3) is 0 Å². The largest absolute Gasteiger partial charge is 0.402 e. The zero-order chi connectivity index (χ0) is 11.6. The van der Waals surface area contributed by atoms with E-state index in [0.29, 0.717) is 5.70 Å². The summed E-state index contributed by atoms with van der Waals surface area (Å²) >= 11 is 0. The van der Waals surface area contributed by atoms with Gasteiger partial charge in [-0.2, -0.15) is 13.2 Å². The van der Waals surface area contributed by atoms with Crippen molar-refractivity contribution in [3.05, 3.63) is 35.8 Å². The van der Waals surface area contributed by atoms with Crippen molar-refractivity contribution in [2.45, 2.75) is 19.5 Å². The van der Waals surface area contributed by atoms with E-state index < -0.39 is 12.1 Å². The fraction of sp³-hybridized carbons (Fsp3) is 0.400. The maximum atomic E-state index is 12.6. The summed E-state index contributed by atoms with van der Waals surface area (Å²) in [5.41, 5.74) is 6.20. The Labute approximate surface area is 86.3 Å². The summed E-state index contributed by atoms with van der Waals surface area (Å²) in [6.07, 6.45) is -1.65. The van der Waals surface area contributed by atoms with Crippen LogP contribution in [0.15, 0.2) is 35.8 Å². The highest BCUT2D eigenvalue weighted by Crippen LogP contribution is 2.36. The van der Waals surface area contributed by atoms with Gasteiger partial charge < -0.3 is 11.1 Å². The van der Waals surface area contributed by atoms with E-state index in [-0.39, 0.29) is 17.8 Å². The van der Waals surface area contributed by atoms with Gasteiger partial charge in [0, 0.05) is 23.5 Å². The predicted molar refractivity (Wildman–Crippen MR) is 52.5 cm³/mol. The molecule has 0 radical (unpaired) electrons. The van der Waals surface area contributed by atoms with Crippen LogP contribution in [0.4, 0.5) is 13.2 Å². The van der Waals surface area contributed by atoms with Crippen LogP contribution in [0.1, 0.15) is 13.3 Å². The molecule has 15 heavy (non-hydrogen) atoms. The van der Waals surface area contributed by atoms with Gasteiger partial charge in [-0.15, -0.1) is 0 Å². The molecule has 1 aliphatic carbocycles. The van der Waals surface area contributed by atoms with E-state index in [0.717, 1.165) is 0 Å². The third kappa shape index (κ3) is 3.04. The Hall–Kier alpha value is -1.39. The summed E-state index contributed by atoms with van der Waals surface area (Å²) in [7, 11) is 0. The van der Waals surface area contributed by atoms with Crippen LogP contribution in [0.3, 0.4) is 0 Å². The summed E-state index contributed by atoms with van der Waals surface area (Å²) in [6.45, 7) is 5.12. The summed E-state index contributed by atoms with van der Waals surface area (Å²) in [4.78, 5) is 0. The van der Waals surface area contributed by atoms with Crippen LogP contribution in [0.25, 0.3) is 0 Å². The van der Waals surface area contributed by atoms with Crippen LogP contribution < -0.4 is 11.1 Å². The summed E-state index contributed by atoms with van der Waals surface area (Å²) in [5, 5.41) is 2.61. The lowest BCUT2D eigenvalue weighted by Crippen LogP contribution is -2.33. The van der Waals surface area contributed by atoms with Crippen molar-refractivity contribution in [3.63, 3.8) is 0 Å². The zero-order valence-electron chi connectivity index (χ0n) is 8.36. The normalized spacial score (nSPS) is 21.7. The Morgan fingerprint density at radius 1 is 1.53 bits per heavy atom. The van der Waals surface area contributed by atoms with E-state index >= 15 is 0 Å². The van der Waals surface area contributed by atoms with Gasteiger partial charge in [-0.1, -0.05) is 6.58 Å². The Morgan fingerprint density at radius 3 is 2.60 bits per heavy atom. The van der Waals surface area contributed by atoms with Gasteiger partial charge in [-0.05, 0) is 19.1 Å². The van der Waals surface area contributed by atoms with Gasteiger partial charge >= 0.3 is 6.18 Å². The molecule has 0 aromatic rings. The van der Waals surface area contributed by atoms with E-state index in [1.54, 1.807) is 6.92 Å². The maximum absolute atomic E-state index is 12.6. The Morgan fingerprint density at radius 2 is 2.13 bits per heavy atom. The van der Waals surface area contributed by atoms with Crippen LogP contribution >= 0.6 is 0 Å². The lowest BCUT2D eigenvalue weighted by molar-refractivity contribution is -0.165. The van der Waals surface area contributed by atoms with Gasteiger partial charge in [0.05, 0.1) is 0 Å². The van der Waals surface area contributed by atoms with Crippen LogP contribution in [0.5, 0.6) is 0 Å². The first-order valence-electron chi connectivity index (χ1n) is 4.46. The maximum Gasteiger partial charge on any atom is 0.397 e. The molecule has 3 N–H and O–H groups in total. The van der Waals surface area contributed by atoms with Crippen molar-refractivity contribution in [1.29, 1.82) is 0 Å². The third-order valence-electron chi connectivity index (χ3n) is 2.05. The third-order valence-corrected chi connectivity index (χ3v) is 2.05. The number of rotatable bonds is 2. The van der Waals surface area contributed by atoms with Crippen molar-refractivity contribution in [1.82, 2.24) is 5.32 Å². The average molecular weight is 218 g/mol. The number of allylic oxidation sites excluding steroid dienone is 5. The molecule has 0 fully saturated rings. The molecule has 0 spiro atoms. The van der Waals surface area contributed by atoms with E-state index in [2.05, 4.69) is 11.9 Å². The predicted octanol–water partition coefficient (Wildman–Crippen LogP) is 2.42. The van der Waals surface area contributed by atoms with Crippen molar-refractivity contribution >= 4 is 0 Å². The van der Waals surface area contributed by atoms with Crippen molar-refractivity contribution in [2.24, 2.45) is 11.7 Å². The molecule has 0 amide bonds. The molecule has 5 heteroatoms.